The molecule has 1 aliphatic carbocycles. The second-order valence-electron chi connectivity index (χ2n) is 4.99. The van der Waals surface area contributed by atoms with Crippen LogP contribution in [-0.2, 0) is 16.6 Å². The average Bonchev–Trinajstić information content (AvgIpc) is 3.19. The van der Waals surface area contributed by atoms with Crippen LogP contribution in [0.5, 0.6) is 0 Å². The molecule has 0 bridgehead atoms. The van der Waals surface area contributed by atoms with Crippen LogP contribution in [0.2, 0.25) is 0 Å². The molecule has 0 saturated heterocycles. The Morgan fingerprint density at radius 2 is 2.10 bits per heavy atom. The molecular weight excluding hydrogens is 279 g/mol. The minimum Gasteiger partial charge on any atom is -0.258 e. The highest BCUT2D eigenvalue weighted by Gasteiger charge is 2.28. The van der Waals surface area contributed by atoms with E-state index in [0.29, 0.717) is 17.6 Å². The van der Waals surface area contributed by atoms with Crippen molar-refractivity contribution in [1.29, 1.82) is 0 Å². The summed E-state index contributed by atoms with van der Waals surface area (Å²) in [5.74, 6) is 0.700. The number of hydrogen-bond donors (Lipinski definition) is 0. The zero-order valence-electron chi connectivity index (χ0n) is 11.1. The van der Waals surface area contributed by atoms with Crippen LogP contribution in [0.3, 0.4) is 0 Å². The van der Waals surface area contributed by atoms with Gasteiger partial charge in [0.2, 0.25) is 0 Å². The Morgan fingerprint density at radius 3 is 2.75 bits per heavy atom. The number of tetrazole rings is 1. The normalized spacial score (nSPS) is 17.9. The van der Waals surface area contributed by atoms with E-state index < -0.39 is 10.8 Å². The Labute approximate surface area is 118 Å². The van der Waals surface area contributed by atoms with Crippen molar-refractivity contribution in [3.63, 3.8) is 0 Å². The fourth-order valence-corrected chi connectivity index (χ4v) is 3.20. The Kier molecular flexibility index (Phi) is 3.60. The Morgan fingerprint density at radius 1 is 1.40 bits per heavy atom. The van der Waals surface area contributed by atoms with Gasteiger partial charge in [0.05, 0.1) is 17.0 Å². The van der Waals surface area contributed by atoms with E-state index >= 15 is 0 Å². The molecule has 0 radical (unpaired) electrons. The molecule has 0 aliphatic heterocycles. The number of halogens is 1. The second kappa shape index (κ2) is 5.40. The van der Waals surface area contributed by atoms with Gasteiger partial charge < -0.3 is 0 Å². The van der Waals surface area contributed by atoms with E-state index in [9.17, 15) is 8.60 Å². The van der Waals surface area contributed by atoms with Gasteiger partial charge in [-0.05, 0) is 47.9 Å². The molecule has 106 valence electrons. The summed E-state index contributed by atoms with van der Waals surface area (Å²) in [6.45, 7) is 1.87. The van der Waals surface area contributed by atoms with Crippen LogP contribution in [0.15, 0.2) is 24.3 Å². The van der Waals surface area contributed by atoms with Crippen LogP contribution in [0.4, 0.5) is 4.39 Å². The minimum absolute atomic E-state index is 0.181. The SMILES string of the molecule is C[C@H](c1ccc(F)cc1)[S@@](=O)Cc1nnnn1C1CC1. The quantitative estimate of drug-likeness (QED) is 0.848. The minimum atomic E-state index is -1.14. The molecule has 7 heteroatoms. The molecule has 0 amide bonds. The first-order chi connectivity index (χ1) is 9.65. The predicted octanol–water partition coefficient (Wildman–Crippen LogP) is 2.16. The van der Waals surface area contributed by atoms with Crippen LogP contribution in [0.25, 0.3) is 0 Å². The van der Waals surface area contributed by atoms with E-state index in [1.807, 2.05) is 6.92 Å². The molecule has 2 aromatic rings. The Hall–Kier alpha value is -1.63. The molecule has 2 atom stereocenters. The third-order valence-electron chi connectivity index (χ3n) is 3.46. The summed E-state index contributed by atoms with van der Waals surface area (Å²) < 4.78 is 27.1. The van der Waals surface area contributed by atoms with Crippen LogP contribution < -0.4 is 0 Å². The summed E-state index contributed by atoms with van der Waals surface area (Å²) in [4.78, 5) is 0. The van der Waals surface area contributed by atoms with Gasteiger partial charge in [-0.15, -0.1) is 5.10 Å². The van der Waals surface area contributed by atoms with Gasteiger partial charge in [0.1, 0.15) is 5.82 Å². The van der Waals surface area contributed by atoms with Crippen molar-refractivity contribution >= 4 is 10.8 Å². The van der Waals surface area contributed by atoms with Gasteiger partial charge in [0, 0.05) is 10.8 Å². The molecule has 0 unspecified atom stereocenters. The first-order valence-electron chi connectivity index (χ1n) is 6.54. The first kappa shape index (κ1) is 13.4. The molecule has 5 nitrogen and oxygen atoms in total. The van der Waals surface area contributed by atoms with E-state index in [1.54, 1.807) is 16.8 Å². The average molecular weight is 294 g/mol. The summed E-state index contributed by atoms with van der Waals surface area (Å²) in [6, 6.07) is 6.48. The van der Waals surface area contributed by atoms with Crippen molar-refractivity contribution in [1.82, 2.24) is 20.2 Å². The molecule has 3 rings (SSSR count). The van der Waals surface area contributed by atoms with Gasteiger partial charge in [-0.3, -0.25) is 4.21 Å². The standard InChI is InChI=1S/C13H15FN4OS/c1-9(10-2-4-11(14)5-3-10)20(19)8-13-15-16-17-18(13)12-6-7-12/h2-5,9,12H,6-8H2,1H3/t9-,20+/m1/s1. The number of rotatable bonds is 5. The summed E-state index contributed by atoms with van der Waals surface area (Å²) in [7, 11) is -1.14. The molecule has 1 aromatic carbocycles. The summed E-state index contributed by atoms with van der Waals surface area (Å²) >= 11 is 0. The highest BCUT2D eigenvalue weighted by Crippen LogP contribution is 2.35. The van der Waals surface area contributed by atoms with E-state index in [4.69, 9.17) is 0 Å². The topological polar surface area (TPSA) is 60.7 Å². The number of benzene rings is 1. The van der Waals surface area contributed by atoms with Gasteiger partial charge in [0.15, 0.2) is 5.82 Å². The van der Waals surface area contributed by atoms with Gasteiger partial charge in [-0.25, -0.2) is 9.07 Å². The summed E-state index contributed by atoms with van der Waals surface area (Å²) in [6.07, 6.45) is 2.16. The fourth-order valence-electron chi connectivity index (χ4n) is 2.05. The molecule has 20 heavy (non-hydrogen) atoms. The van der Waals surface area contributed by atoms with Crippen molar-refractivity contribution in [2.45, 2.75) is 36.8 Å². The van der Waals surface area contributed by atoms with Crippen molar-refractivity contribution in [3.05, 3.63) is 41.5 Å². The van der Waals surface area contributed by atoms with Crippen molar-refractivity contribution in [3.8, 4) is 0 Å². The molecule has 0 N–H and O–H groups in total. The van der Waals surface area contributed by atoms with Crippen molar-refractivity contribution in [2.24, 2.45) is 0 Å². The van der Waals surface area contributed by atoms with E-state index in [0.717, 1.165) is 18.4 Å². The third kappa shape index (κ3) is 2.77. The van der Waals surface area contributed by atoms with Gasteiger partial charge >= 0.3 is 0 Å². The lowest BCUT2D eigenvalue weighted by Gasteiger charge is -2.11. The molecule has 1 heterocycles. The van der Waals surface area contributed by atoms with Crippen LogP contribution in [0, 0.1) is 5.82 Å². The fraction of sp³-hybridized carbons (Fsp3) is 0.462. The number of nitrogens with zero attached hydrogens (tertiary/aromatic N) is 4. The van der Waals surface area contributed by atoms with Crippen LogP contribution >= 0.6 is 0 Å². The lowest BCUT2D eigenvalue weighted by Crippen LogP contribution is -2.11. The smallest absolute Gasteiger partial charge is 0.164 e. The lowest BCUT2D eigenvalue weighted by atomic mass is 10.2. The van der Waals surface area contributed by atoms with E-state index in [-0.39, 0.29) is 11.1 Å². The summed E-state index contributed by atoms with van der Waals surface area (Å²) in [5, 5.41) is 11.4. The first-order valence-corrected chi connectivity index (χ1v) is 7.92. The van der Waals surface area contributed by atoms with Gasteiger partial charge in [-0.2, -0.15) is 0 Å². The largest absolute Gasteiger partial charge is 0.258 e. The number of hydrogen-bond acceptors (Lipinski definition) is 4. The molecule has 0 spiro atoms. The van der Waals surface area contributed by atoms with E-state index in [2.05, 4.69) is 15.5 Å². The molecule has 1 aromatic heterocycles. The maximum absolute atomic E-state index is 12.9. The molecule has 1 fully saturated rings. The van der Waals surface area contributed by atoms with Crippen LogP contribution in [0.1, 0.15) is 42.4 Å². The Balaban J connectivity index is 1.72. The van der Waals surface area contributed by atoms with E-state index in [1.165, 1.54) is 12.1 Å². The summed E-state index contributed by atoms with van der Waals surface area (Å²) in [5.41, 5.74) is 0.857. The van der Waals surface area contributed by atoms with Crippen molar-refractivity contribution in [2.75, 3.05) is 0 Å². The molecule has 1 saturated carbocycles. The zero-order valence-corrected chi connectivity index (χ0v) is 11.9. The van der Waals surface area contributed by atoms with Gasteiger partial charge in [0.25, 0.3) is 0 Å². The highest BCUT2D eigenvalue weighted by atomic mass is 32.2. The Bertz CT molecular complexity index is 624. The zero-order chi connectivity index (χ0) is 14.1. The molecular formula is C13H15FN4OS. The van der Waals surface area contributed by atoms with Crippen molar-refractivity contribution < 1.29 is 8.60 Å². The third-order valence-corrected chi connectivity index (χ3v) is 5.06. The highest BCUT2D eigenvalue weighted by molar-refractivity contribution is 7.84. The maximum atomic E-state index is 12.9. The predicted molar refractivity (Wildman–Crippen MR) is 72.7 cm³/mol. The second-order valence-corrected chi connectivity index (χ2v) is 6.75. The van der Waals surface area contributed by atoms with Crippen LogP contribution in [-0.4, -0.2) is 24.4 Å². The van der Waals surface area contributed by atoms with Gasteiger partial charge in [-0.1, -0.05) is 12.1 Å². The molecule has 1 aliphatic rings. The number of aromatic nitrogens is 4. The maximum Gasteiger partial charge on any atom is 0.164 e. The lowest BCUT2D eigenvalue weighted by molar-refractivity contribution is 0.590. The monoisotopic (exact) mass is 294 g/mol.